The van der Waals surface area contributed by atoms with Gasteiger partial charge in [-0.1, -0.05) is 0 Å². The molecule has 0 aliphatic carbocycles. The lowest BCUT2D eigenvalue weighted by atomic mass is 10.00. The Labute approximate surface area is 154 Å². The van der Waals surface area contributed by atoms with Crippen molar-refractivity contribution < 1.29 is 26.8 Å². The number of hydroxylamine groups is 2. The Morgan fingerprint density at radius 3 is 2.59 bits per heavy atom. The van der Waals surface area contributed by atoms with Crippen molar-refractivity contribution in [2.75, 3.05) is 6.54 Å². The molecule has 2 aliphatic rings. The third-order valence-corrected chi connectivity index (χ3v) is 4.68. The molecule has 1 aromatic rings. The van der Waals surface area contributed by atoms with E-state index in [4.69, 9.17) is 15.5 Å². The number of amidine groups is 1. The van der Waals surface area contributed by atoms with Crippen LogP contribution in [0.5, 0.6) is 0 Å². The summed E-state index contributed by atoms with van der Waals surface area (Å²) in [4.78, 5) is 29.6. The van der Waals surface area contributed by atoms with Crippen molar-refractivity contribution >= 4 is 28.2 Å². The van der Waals surface area contributed by atoms with E-state index in [0.29, 0.717) is 23.5 Å². The topological polar surface area (TPSA) is 166 Å². The van der Waals surface area contributed by atoms with Crippen LogP contribution < -0.4 is 5.73 Å². The van der Waals surface area contributed by atoms with Gasteiger partial charge in [0.15, 0.2) is 0 Å². The molecule has 0 saturated carbocycles. The second-order valence-electron chi connectivity index (χ2n) is 6.04. The summed E-state index contributed by atoms with van der Waals surface area (Å²) in [5, 5.41) is 9.36. The van der Waals surface area contributed by atoms with Crippen LogP contribution in [-0.4, -0.2) is 59.3 Å². The van der Waals surface area contributed by atoms with E-state index in [1.165, 1.54) is 29.2 Å². The molecule has 0 aromatic heterocycles. The normalized spacial score (nSPS) is 22.7. The summed E-state index contributed by atoms with van der Waals surface area (Å²) in [7, 11) is -4.84. The lowest BCUT2D eigenvalue weighted by Crippen LogP contribution is -2.48. The molecule has 0 spiro atoms. The number of rotatable bonds is 4. The summed E-state index contributed by atoms with van der Waals surface area (Å²) in [5.41, 5.74) is 6.54. The highest BCUT2D eigenvalue weighted by atomic mass is 32.3. The predicted molar refractivity (Wildman–Crippen MR) is 90.5 cm³/mol. The van der Waals surface area contributed by atoms with Crippen LogP contribution in [0.1, 0.15) is 28.8 Å². The lowest BCUT2D eigenvalue weighted by molar-refractivity contribution is -0.0316. The highest BCUT2D eigenvalue weighted by Crippen LogP contribution is 2.30. The maximum absolute atomic E-state index is 12.3. The number of hydrogen-bond donors (Lipinski definition) is 2. The van der Waals surface area contributed by atoms with Crippen molar-refractivity contribution in [2.24, 2.45) is 10.7 Å². The van der Waals surface area contributed by atoms with Gasteiger partial charge in [0.25, 0.3) is 5.91 Å². The summed E-state index contributed by atoms with van der Waals surface area (Å²) in [5.74, 6) is -0.721. The van der Waals surface area contributed by atoms with E-state index in [9.17, 15) is 18.0 Å². The van der Waals surface area contributed by atoms with Gasteiger partial charge in [0, 0.05) is 12.1 Å². The van der Waals surface area contributed by atoms with Crippen LogP contribution in [0.3, 0.4) is 0 Å². The minimum Gasteiger partial charge on any atom is -0.385 e. The molecule has 0 unspecified atom stereocenters. The van der Waals surface area contributed by atoms with E-state index >= 15 is 0 Å². The van der Waals surface area contributed by atoms with Crippen molar-refractivity contribution in [3.8, 4) is 6.07 Å². The molecular weight excluding hydrogens is 378 g/mol. The third kappa shape index (κ3) is 3.90. The number of amides is 3. The summed E-state index contributed by atoms with van der Waals surface area (Å²) in [6.45, 7) is 0.125. The number of nitriles is 1. The number of urea groups is 1. The Kier molecular flexibility index (Phi) is 4.83. The Morgan fingerprint density at radius 1 is 1.33 bits per heavy atom. The number of nitrogens with two attached hydrogens (primary N) is 1. The molecule has 2 aliphatic heterocycles. The summed E-state index contributed by atoms with van der Waals surface area (Å²) < 4.78 is 34.9. The molecule has 3 amide bonds. The van der Waals surface area contributed by atoms with Gasteiger partial charge in [-0.3, -0.25) is 9.35 Å². The molecule has 27 heavy (non-hydrogen) atoms. The average Bonchev–Trinajstić information content (AvgIpc) is 2.85. The van der Waals surface area contributed by atoms with Crippen LogP contribution in [-0.2, 0) is 14.7 Å². The summed E-state index contributed by atoms with van der Waals surface area (Å²) >= 11 is 0. The zero-order valence-corrected chi connectivity index (χ0v) is 14.7. The van der Waals surface area contributed by atoms with Crippen molar-refractivity contribution in [3.05, 3.63) is 35.4 Å². The minimum absolute atomic E-state index is 0.0927. The van der Waals surface area contributed by atoms with Gasteiger partial charge in [-0.2, -0.15) is 23.7 Å². The molecule has 2 fully saturated rings. The first kappa shape index (κ1) is 18.8. The molecule has 142 valence electrons. The average molecular weight is 393 g/mol. The molecule has 2 bridgehead atoms. The van der Waals surface area contributed by atoms with E-state index < -0.39 is 34.4 Å². The van der Waals surface area contributed by atoms with Crippen LogP contribution in [0.15, 0.2) is 29.3 Å². The number of aliphatic imine (C=N–C) groups is 1. The maximum atomic E-state index is 12.3. The number of nitrogens with zero attached hydrogens (tertiary/aromatic N) is 4. The van der Waals surface area contributed by atoms with Gasteiger partial charge in [-0.15, -0.1) is 4.28 Å². The van der Waals surface area contributed by atoms with Crippen molar-refractivity contribution in [1.29, 1.82) is 5.26 Å². The molecule has 3 N–H and O–H groups in total. The summed E-state index contributed by atoms with van der Waals surface area (Å²) in [6.07, 6.45) is 0.696. The Hall–Kier alpha value is -3.01. The zero-order chi connectivity index (χ0) is 19.8. The van der Waals surface area contributed by atoms with Gasteiger partial charge in [-0.05, 0) is 37.1 Å². The largest absolute Gasteiger partial charge is 0.418 e. The molecule has 1 aromatic carbocycles. The quantitative estimate of drug-likeness (QED) is 0.411. The van der Waals surface area contributed by atoms with Crippen LogP contribution >= 0.6 is 0 Å². The standard InChI is InChI=1S/C15H15N5O6S/c16-7-9-1-3-10(4-2-9)14(21)18-13(17)12-6-5-11-8-19(12)15(22)20(11)26-27(23,24)25/h1-4,11-12H,5-6,8H2,(H2,17,18,21)(H,23,24,25)/t11-,12+/m1/s1. The van der Waals surface area contributed by atoms with Gasteiger partial charge < -0.3 is 10.6 Å². The Balaban J connectivity index is 1.76. The van der Waals surface area contributed by atoms with Crippen molar-refractivity contribution in [3.63, 3.8) is 0 Å². The van der Waals surface area contributed by atoms with E-state index in [1.54, 1.807) is 0 Å². The first-order chi connectivity index (χ1) is 12.7. The lowest BCUT2D eigenvalue weighted by Gasteiger charge is -2.29. The number of benzene rings is 1. The van der Waals surface area contributed by atoms with Gasteiger partial charge in [0.05, 0.1) is 23.7 Å². The van der Waals surface area contributed by atoms with Gasteiger partial charge in [0.1, 0.15) is 5.84 Å². The number of hydrogen-bond acceptors (Lipinski definition) is 6. The fourth-order valence-corrected chi connectivity index (χ4v) is 3.47. The van der Waals surface area contributed by atoms with E-state index in [0.717, 1.165) is 0 Å². The molecule has 2 saturated heterocycles. The third-order valence-electron chi connectivity index (χ3n) is 4.33. The maximum Gasteiger partial charge on any atom is 0.418 e. The zero-order valence-electron chi connectivity index (χ0n) is 13.8. The first-order valence-corrected chi connectivity index (χ1v) is 9.21. The summed E-state index contributed by atoms with van der Waals surface area (Å²) in [6, 6.07) is 5.71. The molecule has 11 nitrogen and oxygen atoms in total. The van der Waals surface area contributed by atoms with Gasteiger partial charge in [0.2, 0.25) is 0 Å². The molecular formula is C15H15N5O6S. The van der Waals surface area contributed by atoms with Gasteiger partial charge >= 0.3 is 16.4 Å². The molecule has 12 heteroatoms. The van der Waals surface area contributed by atoms with E-state index in [1.807, 2.05) is 6.07 Å². The smallest absolute Gasteiger partial charge is 0.385 e. The van der Waals surface area contributed by atoms with Gasteiger partial charge in [-0.25, -0.2) is 4.79 Å². The van der Waals surface area contributed by atoms with Crippen LogP contribution in [0.25, 0.3) is 0 Å². The molecule has 0 radical (unpaired) electrons. The second kappa shape index (κ2) is 6.95. The van der Waals surface area contributed by atoms with Crippen LogP contribution in [0, 0.1) is 11.3 Å². The second-order valence-corrected chi connectivity index (χ2v) is 7.05. The Bertz CT molecular complexity index is 952. The van der Waals surface area contributed by atoms with E-state index in [-0.39, 0.29) is 17.9 Å². The van der Waals surface area contributed by atoms with Crippen LogP contribution in [0.4, 0.5) is 4.79 Å². The highest BCUT2D eigenvalue weighted by molar-refractivity contribution is 7.80. The predicted octanol–water partition coefficient (Wildman–Crippen LogP) is 0.0587. The monoisotopic (exact) mass is 393 g/mol. The number of fused-ring (bicyclic) bond motifs is 2. The fraction of sp³-hybridized carbons (Fsp3) is 0.333. The molecule has 2 atom stereocenters. The van der Waals surface area contributed by atoms with E-state index in [2.05, 4.69) is 9.28 Å². The fourth-order valence-electron chi connectivity index (χ4n) is 3.08. The molecule has 3 rings (SSSR count). The number of piperidine rings is 1. The van der Waals surface area contributed by atoms with Crippen molar-refractivity contribution in [1.82, 2.24) is 9.96 Å². The SMILES string of the molecule is N#Cc1ccc(C(=O)N=C(N)[C@@H]2CC[C@@H]3CN2C(=O)N3OS(=O)(=O)O)cc1. The number of carbonyl (C=O) groups excluding carboxylic acids is 2. The molecule has 2 heterocycles. The van der Waals surface area contributed by atoms with Crippen molar-refractivity contribution in [2.45, 2.75) is 24.9 Å². The minimum atomic E-state index is -4.84. The Morgan fingerprint density at radius 2 is 2.00 bits per heavy atom. The highest BCUT2D eigenvalue weighted by Gasteiger charge is 2.48. The first-order valence-electron chi connectivity index (χ1n) is 7.85. The number of carbonyl (C=O) groups is 2. The van der Waals surface area contributed by atoms with Crippen LogP contribution in [0.2, 0.25) is 0 Å².